The summed E-state index contributed by atoms with van der Waals surface area (Å²) in [5, 5.41) is 8.90. The molecule has 0 aromatic heterocycles. The summed E-state index contributed by atoms with van der Waals surface area (Å²) in [5.74, 6) is -0.188. The molecule has 0 amide bonds. The molecule has 0 aromatic rings. The van der Waals surface area contributed by atoms with E-state index in [0.29, 0.717) is 6.26 Å². The molecule has 0 heterocycles. The second-order valence-electron chi connectivity index (χ2n) is 1.83. The van der Waals surface area contributed by atoms with E-state index >= 15 is 0 Å². The normalized spacial score (nSPS) is 11.9. The quantitative estimate of drug-likeness (QED) is 0.470. The Kier molecular flexibility index (Phi) is 7.27. The van der Waals surface area contributed by atoms with Gasteiger partial charge < -0.3 is 5.11 Å². The predicted octanol–water partition coefficient (Wildman–Crippen LogP) is -0.0364. The van der Waals surface area contributed by atoms with Crippen LogP contribution in [-0.2, 0) is 20.2 Å². The molecule has 9 heteroatoms. The smallest absolute Gasteiger partial charge is 0.394 e. The SMILES string of the molecule is C=CS(=O)(=O)CC=CO.O=S(=O)(O)O. The number of rotatable bonds is 3. The Morgan fingerprint density at radius 1 is 1.14 bits per heavy atom. The molecule has 14 heavy (non-hydrogen) atoms. The van der Waals surface area contributed by atoms with E-state index in [-0.39, 0.29) is 5.75 Å². The first-order chi connectivity index (χ1) is 6.12. The highest BCUT2D eigenvalue weighted by Gasteiger charge is 1.98. The van der Waals surface area contributed by atoms with Crippen molar-refractivity contribution in [2.24, 2.45) is 0 Å². The maximum Gasteiger partial charge on any atom is 0.394 e. The minimum absolute atomic E-state index is 0.188. The molecule has 84 valence electrons. The Balaban J connectivity index is 0. The Labute approximate surface area is 81.9 Å². The highest BCUT2D eigenvalue weighted by Crippen LogP contribution is 1.89. The van der Waals surface area contributed by atoms with Gasteiger partial charge in [0, 0.05) is 5.41 Å². The number of sulfone groups is 1. The van der Waals surface area contributed by atoms with Crippen LogP contribution in [-0.4, -0.2) is 36.8 Å². The second kappa shape index (κ2) is 6.54. The van der Waals surface area contributed by atoms with Crippen molar-refractivity contribution in [3.63, 3.8) is 0 Å². The van der Waals surface area contributed by atoms with Crippen LogP contribution in [0.5, 0.6) is 0 Å². The highest BCUT2D eigenvalue weighted by atomic mass is 32.3. The van der Waals surface area contributed by atoms with Crippen LogP contribution in [0.3, 0.4) is 0 Å². The summed E-state index contributed by atoms with van der Waals surface area (Å²) < 4.78 is 52.5. The zero-order valence-electron chi connectivity index (χ0n) is 6.94. The first-order valence-corrected chi connectivity index (χ1v) is 6.08. The van der Waals surface area contributed by atoms with Gasteiger partial charge in [0.25, 0.3) is 0 Å². The minimum atomic E-state index is -4.67. The number of hydrogen-bond donors (Lipinski definition) is 3. The topological polar surface area (TPSA) is 129 Å². The molecule has 0 atom stereocenters. The Hall–Kier alpha value is -0.900. The Morgan fingerprint density at radius 3 is 1.71 bits per heavy atom. The van der Waals surface area contributed by atoms with E-state index < -0.39 is 20.2 Å². The molecular weight excluding hydrogens is 236 g/mol. The summed E-state index contributed by atoms with van der Waals surface area (Å²) in [6.45, 7) is 3.08. The molecular formula is C5H10O7S2. The number of aliphatic hydroxyl groups is 1. The maximum atomic E-state index is 10.5. The lowest BCUT2D eigenvalue weighted by atomic mass is 10.7. The first kappa shape index (κ1) is 15.6. The summed E-state index contributed by atoms with van der Waals surface area (Å²) in [5.41, 5.74) is 0. The van der Waals surface area contributed by atoms with Crippen molar-refractivity contribution in [3.05, 3.63) is 24.3 Å². The average molecular weight is 246 g/mol. The Bertz CT molecular complexity index is 366. The van der Waals surface area contributed by atoms with E-state index in [1.807, 2.05) is 0 Å². The molecule has 0 saturated heterocycles. The molecule has 0 aromatic carbocycles. The molecule has 0 bridgehead atoms. The van der Waals surface area contributed by atoms with Crippen molar-refractivity contribution in [1.82, 2.24) is 0 Å². The monoisotopic (exact) mass is 246 g/mol. The summed E-state index contributed by atoms with van der Waals surface area (Å²) in [6.07, 6.45) is 1.83. The lowest BCUT2D eigenvalue weighted by Gasteiger charge is -1.86. The van der Waals surface area contributed by atoms with Gasteiger partial charge in [-0.15, -0.1) is 0 Å². The third kappa shape index (κ3) is 22.5. The molecule has 0 fully saturated rings. The van der Waals surface area contributed by atoms with Crippen LogP contribution in [0.4, 0.5) is 0 Å². The van der Waals surface area contributed by atoms with Crippen LogP contribution in [0, 0.1) is 0 Å². The van der Waals surface area contributed by atoms with Gasteiger partial charge in [-0.2, -0.15) is 8.42 Å². The van der Waals surface area contributed by atoms with Crippen LogP contribution < -0.4 is 0 Å². The van der Waals surface area contributed by atoms with E-state index in [9.17, 15) is 8.42 Å². The second-order valence-corrected chi connectivity index (χ2v) is 4.72. The molecule has 0 aliphatic rings. The third-order valence-corrected chi connectivity index (χ3v) is 1.85. The number of aliphatic hydroxyl groups excluding tert-OH is 1. The molecule has 0 rings (SSSR count). The summed E-state index contributed by atoms with van der Waals surface area (Å²) in [7, 11) is -7.83. The molecule has 0 aliphatic heterocycles. The van der Waals surface area contributed by atoms with Gasteiger partial charge >= 0.3 is 10.4 Å². The van der Waals surface area contributed by atoms with Crippen LogP contribution in [0.1, 0.15) is 0 Å². The van der Waals surface area contributed by atoms with Crippen molar-refractivity contribution in [3.8, 4) is 0 Å². The minimum Gasteiger partial charge on any atom is -0.516 e. The van der Waals surface area contributed by atoms with Gasteiger partial charge in [-0.25, -0.2) is 8.42 Å². The van der Waals surface area contributed by atoms with Gasteiger partial charge in [-0.3, -0.25) is 9.11 Å². The third-order valence-electron chi connectivity index (χ3n) is 0.688. The van der Waals surface area contributed by atoms with Crippen LogP contribution in [0.15, 0.2) is 24.3 Å². The zero-order chi connectivity index (χ0) is 11.8. The number of hydrogen-bond acceptors (Lipinski definition) is 5. The van der Waals surface area contributed by atoms with Crippen molar-refractivity contribution in [1.29, 1.82) is 0 Å². The van der Waals surface area contributed by atoms with Crippen molar-refractivity contribution < 1.29 is 31.0 Å². The highest BCUT2D eigenvalue weighted by molar-refractivity contribution is 7.94. The largest absolute Gasteiger partial charge is 0.516 e. The molecule has 0 saturated carbocycles. The van der Waals surface area contributed by atoms with E-state index in [2.05, 4.69) is 6.58 Å². The zero-order valence-corrected chi connectivity index (χ0v) is 8.57. The maximum absolute atomic E-state index is 10.5. The molecule has 0 spiro atoms. The Morgan fingerprint density at radius 2 is 1.50 bits per heavy atom. The predicted molar refractivity (Wildman–Crippen MR) is 49.9 cm³/mol. The molecule has 7 nitrogen and oxygen atoms in total. The van der Waals surface area contributed by atoms with E-state index in [0.717, 1.165) is 11.5 Å². The van der Waals surface area contributed by atoms with Gasteiger partial charge in [0.1, 0.15) is 0 Å². The van der Waals surface area contributed by atoms with Gasteiger partial charge in [-0.05, 0) is 6.08 Å². The van der Waals surface area contributed by atoms with Crippen molar-refractivity contribution in [2.45, 2.75) is 0 Å². The fourth-order valence-corrected chi connectivity index (χ4v) is 0.736. The van der Waals surface area contributed by atoms with Gasteiger partial charge in [0.2, 0.25) is 0 Å². The van der Waals surface area contributed by atoms with Crippen LogP contribution >= 0.6 is 0 Å². The fraction of sp³-hybridized carbons (Fsp3) is 0.200. The summed E-state index contributed by atoms with van der Waals surface area (Å²) in [6, 6.07) is 0. The molecule has 0 radical (unpaired) electrons. The fourth-order valence-electron chi connectivity index (χ4n) is 0.245. The van der Waals surface area contributed by atoms with Crippen molar-refractivity contribution >= 4 is 20.2 Å². The summed E-state index contributed by atoms with van der Waals surface area (Å²) >= 11 is 0. The summed E-state index contributed by atoms with van der Waals surface area (Å²) in [4.78, 5) is 0. The van der Waals surface area contributed by atoms with Gasteiger partial charge in [-0.1, -0.05) is 6.58 Å². The van der Waals surface area contributed by atoms with Crippen LogP contribution in [0.25, 0.3) is 0 Å². The molecule has 0 unspecified atom stereocenters. The van der Waals surface area contributed by atoms with E-state index in [1.54, 1.807) is 0 Å². The lowest BCUT2D eigenvalue weighted by molar-refractivity contribution is 0.381. The molecule has 0 aliphatic carbocycles. The molecule has 3 N–H and O–H groups in total. The van der Waals surface area contributed by atoms with E-state index in [4.69, 9.17) is 22.6 Å². The van der Waals surface area contributed by atoms with Gasteiger partial charge in [0.05, 0.1) is 12.0 Å². The first-order valence-electron chi connectivity index (χ1n) is 2.96. The van der Waals surface area contributed by atoms with E-state index in [1.165, 1.54) is 0 Å². The standard InChI is InChI=1S/C5H8O3S.H2O4S/c1-2-9(7,8)5-3-4-6;1-5(2,3)4/h2-4,6H,1,5H2;(H2,1,2,3,4). The van der Waals surface area contributed by atoms with Gasteiger partial charge in [0.15, 0.2) is 9.84 Å². The van der Waals surface area contributed by atoms with Crippen LogP contribution in [0.2, 0.25) is 0 Å². The lowest BCUT2D eigenvalue weighted by Crippen LogP contribution is -1.97. The van der Waals surface area contributed by atoms with Crippen molar-refractivity contribution in [2.75, 3.05) is 5.75 Å². The average Bonchev–Trinajstić information content (AvgIpc) is 1.98.